The summed E-state index contributed by atoms with van der Waals surface area (Å²) in [4.78, 5) is 18.1. The van der Waals surface area contributed by atoms with Crippen LogP contribution in [0.15, 0.2) is 48.5 Å². The van der Waals surface area contributed by atoms with Crippen molar-refractivity contribution < 1.29 is 14.4 Å². The van der Waals surface area contributed by atoms with Gasteiger partial charge in [0.1, 0.15) is 6.54 Å². The quantitative estimate of drug-likeness (QED) is 0.501. The molecule has 4 rings (SSSR count). The molecule has 0 fully saturated rings. The van der Waals surface area contributed by atoms with Crippen molar-refractivity contribution in [2.45, 2.75) is 39.0 Å². The van der Waals surface area contributed by atoms with Crippen LogP contribution in [0.5, 0.6) is 0 Å². The summed E-state index contributed by atoms with van der Waals surface area (Å²) in [6, 6.07) is 16.3. The highest BCUT2D eigenvalue weighted by molar-refractivity contribution is 7.71. The van der Waals surface area contributed by atoms with Crippen LogP contribution in [0.3, 0.4) is 0 Å². The van der Waals surface area contributed by atoms with Crippen molar-refractivity contribution in [3.05, 3.63) is 70.0 Å². The molecule has 1 unspecified atom stereocenters. The number of hydrogen-bond acceptors (Lipinski definition) is 4. The van der Waals surface area contributed by atoms with Crippen molar-refractivity contribution in [2.75, 3.05) is 7.11 Å². The minimum atomic E-state index is -0.271. The maximum atomic E-state index is 12.4. The number of nitrogens with zero attached hydrogens (tertiary/aromatic N) is 2. The zero-order chi connectivity index (χ0) is 20.4. The number of carbonyl (C=O) groups excluding carboxylic acids is 1. The van der Waals surface area contributed by atoms with Crippen molar-refractivity contribution in [3.63, 3.8) is 0 Å². The third-order valence-electron chi connectivity index (χ3n) is 5.61. The van der Waals surface area contributed by atoms with Crippen molar-refractivity contribution >= 4 is 18.2 Å². The van der Waals surface area contributed by atoms with Gasteiger partial charge in [-0.05, 0) is 29.8 Å². The lowest BCUT2D eigenvalue weighted by Crippen LogP contribution is -3.16. The second-order valence-corrected chi connectivity index (χ2v) is 7.74. The first-order chi connectivity index (χ1) is 14.1. The van der Waals surface area contributed by atoms with E-state index in [2.05, 4.69) is 53.4 Å². The minimum absolute atomic E-state index is 0.198. The van der Waals surface area contributed by atoms with Gasteiger partial charge in [-0.2, -0.15) is 4.98 Å². The van der Waals surface area contributed by atoms with E-state index in [1.165, 1.54) is 23.8 Å². The number of aromatic amines is 1. The predicted octanol–water partition coefficient (Wildman–Crippen LogP) is 2.31. The number of benzene rings is 2. The Morgan fingerprint density at radius 2 is 1.97 bits per heavy atom. The lowest BCUT2D eigenvalue weighted by Gasteiger charge is -2.31. The van der Waals surface area contributed by atoms with Crippen LogP contribution in [0.1, 0.15) is 23.6 Å². The second-order valence-electron chi connectivity index (χ2n) is 7.38. The second kappa shape index (κ2) is 8.31. The molecule has 6 nitrogen and oxygen atoms in total. The number of quaternary nitrogens is 1. The highest BCUT2D eigenvalue weighted by atomic mass is 32.1. The van der Waals surface area contributed by atoms with Gasteiger partial charge in [0.25, 0.3) is 0 Å². The lowest BCUT2D eigenvalue weighted by molar-refractivity contribution is -0.955. The molecule has 0 amide bonds. The third-order valence-corrected chi connectivity index (χ3v) is 5.93. The van der Waals surface area contributed by atoms with Crippen LogP contribution in [-0.4, -0.2) is 33.9 Å². The number of esters is 1. The Morgan fingerprint density at radius 1 is 1.24 bits per heavy atom. The van der Waals surface area contributed by atoms with Crippen LogP contribution in [0.2, 0.25) is 0 Å². The Bertz CT molecular complexity index is 1070. The topological polar surface area (TPSA) is 64.3 Å². The van der Waals surface area contributed by atoms with Gasteiger partial charge < -0.3 is 9.64 Å². The van der Waals surface area contributed by atoms with Gasteiger partial charge in [0.2, 0.25) is 4.77 Å². The summed E-state index contributed by atoms with van der Waals surface area (Å²) < 4.78 is 7.40. The van der Waals surface area contributed by atoms with Crippen molar-refractivity contribution in [1.82, 2.24) is 14.8 Å². The average molecular weight is 410 g/mol. The van der Waals surface area contributed by atoms with Gasteiger partial charge in [0, 0.05) is 17.5 Å². The van der Waals surface area contributed by atoms with Gasteiger partial charge in [-0.15, -0.1) is 0 Å². The molecule has 0 spiro atoms. The van der Waals surface area contributed by atoms with E-state index in [9.17, 15) is 4.79 Å². The molecule has 7 heteroatoms. The number of fused-ring (bicyclic) bond motifs is 1. The maximum absolute atomic E-state index is 12.4. The molecule has 2 atom stereocenters. The van der Waals surface area contributed by atoms with E-state index in [1.807, 2.05) is 16.8 Å². The fourth-order valence-corrected chi connectivity index (χ4v) is 4.12. The minimum Gasteiger partial charge on any atom is -0.465 e. The van der Waals surface area contributed by atoms with Crippen LogP contribution in [0.4, 0.5) is 0 Å². The number of aromatic nitrogens is 3. The molecule has 3 aromatic rings. The van der Waals surface area contributed by atoms with Crippen LogP contribution in [0.25, 0.3) is 11.4 Å². The summed E-state index contributed by atoms with van der Waals surface area (Å²) >= 11 is 5.49. The van der Waals surface area contributed by atoms with Crippen molar-refractivity contribution in [3.8, 4) is 11.4 Å². The van der Waals surface area contributed by atoms with E-state index in [4.69, 9.17) is 17.0 Å². The van der Waals surface area contributed by atoms with Gasteiger partial charge in [-0.25, -0.2) is 9.48 Å². The summed E-state index contributed by atoms with van der Waals surface area (Å²) in [7, 11) is 1.44. The van der Waals surface area contributed by atoms with Gasteiger partial charge in [-0.3, -0.25) is 5.10 Å². The Balaban J connectivity index is 1.61. The van der Waals surface area contributed by atoms with E-state index in [-0.39, 0.29) is 12.0 Å². The van der Waals surface area contributed by atoms with Crippen molar-refractivity contribution in [1.29, 1.82) is 0 Å². The van der Waals surface area contributed by atoms with Crippen molar-refractivity contribution in [2.24, 2.45) is 0 Å². The summed E-state index contributed by atoms with van der Waals surface area (Å²) in [6.07, 6.45) is 1.66. The number of aryl methyl sites for hydroxylation is 1. The number of H-pyrrole nitrogens is 1. The molecule has 2 heterocycles. The number of ether oxygens (including phenoxy) is 1. The molecule has 0 radical (unpaired) electrons. The highest BCUT2D eigenvalue weighted by Gasteiger charge is 2.36. The standard InChI is InChI=1S/C22H24N4O2S/c1-3-15-8-10-16(11-9-15)20-23-22(29)26(24-20)14-25-13-18-7-5-4-6-17(18)12-19(25)21(27)28-2/h4-11,19H,3,12-14H2,1-2H3,(H,23,24,29)/p+1/t19-/m1/s1. The Hall–Kier alpha value is -2.77. The normalized spacial score (nSPS) is 18.3. The molecule has 0 bridgehead atoms. The number of rotatable bonds is 5. The van der Waals surface area contributed by atoms with E-state index in [1.54, 1.807) is 0 Å². The van der Waals surface area contributed by atoms with Gasteiger partial charge in [0.05, 0.1) is 7.11 Å². The fourth-order valence-electron chi connectivity index (χ4n) is 3.91. The first kappa shape index (κ1) is 19.5. The molecule has 2 N–H and O–H groups in total. The lowest BCUT2D eigenvalue weighted by atomic mass is 9.94. The summed E-state index contributed by atoms with van der Waals surface area (Å²) in [5.74, 6) is 0.542. The van der Waals surface area contributed by atoms with Gasteiger partial charge >= 0.3 is 5.97 Å². The average Bonchev–Trinajstić information content (AvgIpc) is 3.13. The molecule has 1 aromatic heterocycles. The van der Waals surface area contributed by atoms with Gasteiger partial charge in [-0.1, -0.05) is 55.5 Å². The summed E-state index contributed by atoms with van der Waals surface area (Å²) in [5, 5.41) is 3.31. The number of methoxy groups -OCH3 is 1. The molecule has 1 aliphatic heterocycles. The zero-order valence-electron chi connectivity index (χ0n) is 16.6. The maximum Gasteiger partial charge on any atom is 0.365 e. The molecule has 2 aromatic carbocycles. The first-order valence-corrected chi connectivity index (χ1v) is 10.2. The predicted molar refractivity (Wildman–Crippen MR) is 113 cm³/mol. The molecule has 29 heavy (non-hydrogen) atoms. The van der Waals surface area contributed by atoms with Crippen LogP contribution < -0.4 is 4.90 Å². The van der Waals surface area contributed by atoms with E-state index in [0.717, 1.165) is 29.3 Å². The molecule has 1 aliphatic rings. The third kappa shape index (κ3) is 4.02. The monoisotopic (exact) mass is 409 g/mol. The largest absolute Gasteiger partial charge is 0.465 e. The number of carbonyl (C=O) groups is 1. The highest BCUT2D eigenvalue weighted by Crippen LogP contribution is 2.17. The molecule has 150 valence electrons. The van der Waals surface area contributed by atoms with Crippen LogP contribution in [0, 0.1) is 4.77 Å². The summed E-state index contributed by atoms with van der Waals surface area (Å²) in [6.45, 7) is 3.39. The van der Waals surface area contributed by atoms with E-state index >= 15 is 0 Å². The first-order valence-electron chi connectivity index (χ1n) is 9.84. The number of hydrogen-bond donors (Lipinski definition) is 2. The molecule has 0 aliphatic carbocycles. The van der Waals surface area contributed by atoms with E-state index < -0.39 is 0 Å². The Morgan fingerprint density at radius 3 is 2.66 bits per heavy atom. The smallest absolute Gasteiger partial charge is 0.365 e. The molecule has 0 saturated heterocycles. The SMILES string of the molecule is CCc1ccc(-c2nc(=S)n(C[NH+]3Cc4ccccc4C[C@@H]3C(=O)OC)[nH]2)cc1. The Kier molecular flexibility index (Phi) is 5.60. The Labute approximate surface area is 175 Å². The fraction of sp³-hybridized carbons (Fsp3) is 0.318. The number of nitrogens with one attached hydrogen (secondary N) is 2. The summed E-state index contributed by atoms with van der Waals surface area (Å²) in [5.41, 5.74) is 4.74. The van der Waals surface area contributed by atoms with Gasteiger partial charge in [0.15, 0.2) is 18.5 Å². The van der Waals surface area contributed by atoms with Crippen LogP contribution >= 0.6 is 12.2 Å². The molecule has 0 saturated carbocycles. The zero-order valence-corrected chi connectivity index (χ0v) is 17.5. The molecular formula is C22H25N4O2S+. The van der Waals surface area contributed by atoms with E-state index in [0.29, 0.717) is 17.9 Å². The van der Waals surface area contributed by atoms with Crippen LogP contribution in [-0.2, 0) is 35.6 Å². The molecular weight excluding hydrogens is 384 g/mol.